The lowest BCUT2D eigenvalue weighted by Gasteiger charge is -2.12. The van der Waals surface area contributed by atoms with Crippen molar-refractivity contribution in [1.82, 2.24) is 10.9 Å². The number of hydrazine groups is 1. The highest BCUT2D eigenvalue weighted by atomic mass is 16.5. The molecule has 0 fully saturated rings. The highest BCUT2D eigenvalue weighted by molar-refractivity contribution is 5.78. The van der Waals surface area contributed by atoms with Gasteiger partial charge in [-0.3, -0.25) is 4.99 Å². The average Bonchev–Trinajstić information content (AvgIpc) is 1.99. The summed E-state index contributed by atoms with van der Waals surface area (Å²) in [4.78, 5) is 3.88. The normalized spacial score (nSPS) is 15.0. The molecule has 0 saturated heterocycles. The van der Waals surface area contributed by atoms with Gasteiger partial charge in [0.1, 0.15) is 12.1 Å². The monoisotopic (exact) mass is 145 g/mol. The number of nitrogens with zero attached hydrogens (tertiary/aromatic N) is 1. The first-order chi connectivity index (χ1) is 4.70. The van der Waals surface area contributed by atoms with Crippen molar-refractivity contribution in [3.05, 3.63) is 0 Å². The first kappa shape index (κ1) is 9.39. The molecular formula is C6H15N3O. The maximum atomic E-state index is 4.92. The van der Waals surface area contributed by atoms with E-state index in [0.29, 0.717) is 0 Å². The molecule has 0 aliphatic heterocycles. The molecule has 0 rings (SSSR count). The minimum absolute atomic E-state index is 0.00306. The van der Waals surface area contributed by atoms with E-state index in [1.165, 1.54) is 0 Å². The van der Waals surface area contributed by atoms with Gasteiger partial charge in [0.05, 0.1) is 0 Å². The van der Waals surface area contributed by atoms with Crippen LogP contribution in [0.1, 0.15) is 13.8 Å². The van der Waals surface area contributed by atoms with Gasteiger partial charge in [0.15, 0.2) is 0 Å². The van der Waals surface area contributed by atoms with Crippen LogP contribution < -0.4 is 10.9 Å². The predicted molar refractivity (Wildman–Crippen MR) is 41.8 cm³/mol. The smallest absolute Gasteiger partial charge is 0.121 e. The first-order valence-electron chi connectivity index (χ1n) is 3.18. The SMILES string of the molecule is CN=C(C)NNC(C)OC. The van der Waals surface area contributed by atoms with Crippen molar-refractivity contribution in [2.24, 2.45) is 4.99 Å². The van der Waals surface area contributed by atoms with Gasteiger partial charge in [0.2, 0.25) is 0 Å². The Labute approximate surface area is 61.6 Å². The molecule has 0 aromatic heterocycles. The number of methoxy groups -OCH3 is 1. The predicted octanol–water partition coefficient (Wildman–Crippen LogP) is 0.121. The van der Waals surface area contributed by atoms with Gasteiger partial charge in [0, 0.05) is 14.2 Å². The van der Waals surface area contributed by atoms with Gasteiger partial charge in [-0.15, -0.1) is 0 Å². The van der Waals surface area contributed by atoms with Crippen molar-refractivity contribution in [3.8, 4) is 0 Å². The van der Waals surface area contributed by atoms with Crippen LogP contribution in [0.5, 0.6) is 0 Å². The van der Waals surface area contributed by atoms with Gasteiger partial charge in [0.25, 0.3) is 0 Å². The van der Waals surface area contributed by atoms with E-state index >= 15 is 0 Å². The fourth-order valence-electron chi connectivity index (χ4n) is 0.321. The summed E-state index contributed by atoms with van der Waals surface area (Å²) in [5, 5.41) is 0. The second-order valence-electron chi connectivity index (χ2n) is 1.96. The van der Waals surface area contributed by atoms with E-state index in [1.807, 2.05) is 13.8 Å². The molecule has 60 valence electrons. The molecule has 0 aliphatic rings. The molecule has 0 aliphatic carbocycles. The van der Waals surface area contributed by atoms with Crippen LogP contribution in [-0.4, -0.2) is 26.2 Å². The van der Waals surface area contributed by atoms with Crippen LogP contribution in [-0.2, 0) is 4.74 Å². The largest absolute Gasteiger partial charge is 0.365 e. The molecule has 0 heterocycles. The highest BCUT2D eigenvalue weighted by Gasteiger charge is 1.94. The Morgan fingerprint density at radius 1 is 1.60 bits per heavy atom. The lowest BCUT2D eigenvalue weighted by molar-refractivity contribution is 0.0830. The zero-order valence-electron chi connectivity index (χ0n) is 6.93. The summed E-state index contributed by atoms with van der Waals surface area (Å²) in [6.07, 6.45) is -0.00306. The summed E-state index contributed by atoms with van der Waals surface area (Å²) in [5.41, 5.74) is 5.74. The van der Waals surface area contributed by atoms with Gasteiger partial charge in [-0.2, -0.15) is 0 Å². The van der Waals surface area contributed by atoms with E-state index in [0.717, 1.165) is 5.84 Å². The molecular weight excluding hydrogens is 130 g/mol. The number of hydrogen-bond donors (Lipinski definition) is 2. The van der Waals surface area contributed by atoms with Gasteiger partial charge in [-0.05, 0) is 13.8 Å². The maximum Gasteiger partial charge on any atom is 0.121 e. The summed E-state index contributed by atoms with van der Waals surface area (Å²) in [6, 6.07) is 0. The third-order valence-electron chi connectivity index (χ3n) is 1.15. The molecule has 0 amide bonds. The first-order valence-corrected chi connectivity index (χ1v) is 3.18. The Balaban J connectivity index is 3.35. The van der Waals surface area contributed by atoms with Crippen molar-refractivity contribution >= 4 is 5.84 Å². The lowest BCUT2D eigenvalue weighted by atomic mass is 10.6. The fraction of sp³-hybridized carbons (Fsp3) is 0.833. The van der Waals surface area contributed by atoms with Crippen LogP contribution in [0.25, 0.3) is 0 Å². The fourth-order valence-corrected chi connectivity index (χ4v) is 0.321. The number of aliphatic imine (C=N–C) groups is 1. The Kier molecular flexibility index (Phi) is 4.88. The van der Waals surface area contributed by atoms with E-state index in [4.69, 9.17) is 4.74 Å². The summed E-state index contributed by atoms with van der Waals surface area (Å²) in [5.74, 6) is 0.837. The van der Waals surface area contributed by atoms with Crippen LogP contribution in [0.4, 0.5) is 0 Å². The molecule has 0 saturated carbocycles. The maximum absolute atomic E-state index is 4.92. The second kappa shape index (κ2) is 5.20. The third kappa shape index (κ3) is 4.29. The summed E-state index contributed by atoms with van der Waals surface area (Å²) >= 11 is 0. The Bertz CT molecular complexity index is 114. The molecule has 10 heavy (non-hydrogen) atoms. The molecule has 0 spiro atoms. The lowest BCUT2D eigenvalue weighted by Crippen LogP contribution is -2.42. The molecule has 1 atom stereocenters. The molecule has 4 heteroatoms. The number of rotatable bonds is 3. The van der Waals surface area contributed by atoms with E-state index < -0.39 is 0 Å². The van der Waals surface area contributed by atoms with Crippen molar-refractivity contribution in [2.45, 2.75) is 20.1 Å². The second-order valence-corrected chi connectivity index (χ2v) is 1.96. The van der Waals surface area contributed by atoms with E-state index in [1.54, 1.807) is 14.2 Å². The number of nitrogens with one attached hydrogen (secondary N) is 2. The Morgan fingerprint density at radius 2 is 2.20 bits per heavy atom. The van der Waals surface area contributed by atoms with Crippen LogP contribution in [0.2, 0.25) is 0 Å². The number of hydrogen-bond acceptors (Lipinski definition) is 3. The molecule has 1 unspecified atom stereocenters. The average molecular weight is 145 g/mol. The van der Waals surface area contributed by atoms with Crippen LogP contribution in [0.15, 0.2) is 4.99 Å². The molecule has 4 nitrogen and oxygen atoms in total. The summed E-state index contributed by atoms with van der Waals surface area (Å²) < 4.78 is 4.92. The zero-order valence-corrected chi connectivity index (χ0v) is 6.93. The third-order valence-corrected chi connectivity index (χ3v) is 1.15. The van der Waals surface area contributed by atoms with Crippen LogP contribution >= 0.6 is 0 Å². The molecule has 0 aromatic rings. The van der Waals surface area contributed by atoms with Crippen molar-refractivity contribution in [1.29, 1.82) is 0 Å². The van der Waals surface area contributed by atoms with Gasteiger partial charge in [-0.25, -0.2) is 5.43 Å². The zero-order chi connectivity index (χ0) is 7.98. The van der Waals surface area contributed by atoms with E-state index in [9.17, 15) is 0 Å². The van der Waals surface area contributed by atoms with E-state index in [-0.39, 0.29) is 6.23 Å². The van der Waals surface area contributed by atoms with E-state index in [2.05, 4.69) is 15.8 Å². The molecule has 0 radical (unpaired) electrons. The Hall–Kier alpha value is -0.610. The minimum atomic E-state index is -0.00306. The van der Waals surface area contributed by atoms with Crippen molar-refractivity contribution in [3.63, 3.8) is 0 Å². The molecule has 2 N–H and O–H groups in total. The quantitative estimate of drug-likeness (QED) is 0.257. The van der Waals surface area contributed by atoms with Crippen molar-refractivity contribution in [2.75, 3.05) is 14.2 Å². The van der Waals surface area contributed by atoms with Gasteiger partial charge >= 0.3 is 0 Å². The van der Waals surface area contributed by atoms with Crippen molar-refractivity contribution < 1.29 is 4.74 Å². The van der Waals surface area contributed by atoms with Crippen LogP contribution in [0, 0.1) is 0 Å². The summed E-state index contributed by atoms with van der Waals surface area (Å²) in [6.45, 7) is 3.77. The molecule has 0 bridgehead atoms. The molecule has 0 aromatic carbocycles. The Morgan fingerprint density at radius 3 is 2.60 bits per heavy atom. The minimum Gasteiger partial charge on any atom is -0.365 e. The summed E-state index contributed by atoms with van der Waals surface area (Å²) in [7, 11) is 3.36. The van der Waals surface area contributed by atoms with Gasteiger partial charge < -0.3 is 10.2 Å². The highest BCUT2D eigenvalue weighted by Crippen LogP contribution is 1.76. The number of amidine groups is 1. The van der Waals surface area contributed by atoms with Crippen LogP contribution in [0.3, 0.4) is 0 Å². The topological polar surface area (TPSA) is 45.7 Å². The standard InChI is InChI=1S/C6H15N3O/c1-5(7-3)8-9-6(2)10-4/h6,9H,1-4H3,(H,7,8). The van der Waals surface area contributed by atoms with Gasteiger partial charge in [-0.1, -0.05) is 0 Å². The number of ether oxygens (including phenoxy) is 1.